The first-order valence-corrected chi connectivity index (χ1v) is 10.1. The Morgan fingerprint density at radius 2 is 1.42 bits per heavy atom. The number of para-hydroxylation sites is 1. The third-order valence-corrected chi connectivity index (χ3v) is 6.08. The lowest BCUT2D eigenvalue weighted by atomic mass is 9.81. The fourth-order valence-electron chi connectivity index (χ4n) is 4.23. The summed E-state index contributed by atoms with van der Waals surface area (Å²) < 4.78 is 0. The summed E-state index contributed by atoms with van der Waals surface area (Å²) in [5.41, 5.74) is 1.24. The van der Waals surface area contributed by atoms with Crippen LogP contribution in [0.3, 0.4) is 0 Å². The van der Waals surface area contributed by atoms with E-state index in [1.165, 1.54) is 5.69 Å². The highest BCUT2D eigenvalue weighted by Crippen LogP contribution is 2.31. The summed E-state index contributed by atoms with van der Waals surface area (Å²) >= 11 is 0. The average Bonchev–Trinajstić information content (AvgIpc) is 3.52. The second kappa shape index (κ2) is 7.68. The number of benzene rings is 1. The van der Waals surface area contributed by atoms with Crippen molar-refractivity contribution in [2.24, 2.45) is 11.8 Å². The van der Waals surface area contributed by atoms with Gasteiger partial charge >= 0.3 is 0 Å². The number of nitrogens with one attached hydrogen (secondary N) is 1. The lowest BCUT2D eigenvalue weighted by Crippen LogP contribution is -2.51. The zero-order valence-electron chi connectivity index (χ0n) is 15.4. The molecule has 5 heteroatoms. The number of rotatable bonds is 4. The highest BCUT2D eigenvalue weighted by atomic mass is 16.2. The molecule has 4 rings (SSSR count). The number of nitrogens with zero attached hydrogens (tertiary/aromatic N) is 2. The van der Waals surface area contributed by atoms with Crippen molar-refractivity contribution in [2.75, 3.05) is 31.1 Å². The molecule has 5 nitrogen and oxygen atoms in total. The van der Waals surface area contributed by atoms with Crippen molar-refractivity contribution < 1.29 is 9.59 Å². The molecule has 0 spiro atoms. The minimum Gasteiger partial charge on any atom is -0.368 e. The molecule has 2 aliphatic carbocycles. The quantitative estimate of drug-likeness (QED) is 0.902. The van der Waals surface area contributed by atoms with Gasteiger partial charge in [0.15, 0.2) is 0 Å². The van der Waals surface area contributed by atoms with Gasteiger partial charge in [0, 0.05) is 49.7 Å². The predicted molar refractivity (Wildman–Crippen MR) is 102 cm³/mol. The van der Waals surface area contributed by atoms with Crippen molar-refractivity contribution in [1.82, 2.24) is 10.2 Å². The summed E-state index contributed by atoms with van der Waals surface area (Å²) in [6, 6.07) is 10.8. The topological polar surface area (TPSA) is 52.7 Å². The van der Waals surface area contributed by atoms with Gasteiger partial charge in [0.05, 0.1) is 0 Å². The molecule has 0 aromatic heterocycles. The molecule has 3 fully saturated rings. The molecule has 140 valence electrons. The summed E-state index contributed by atoms with van der Waals surface area (Å²) in [5.74, 6) is 0.756. The molecule has 2 saturated carbocycles. The Morgan fingerprint density at radius 1 is 0.808 bits per heavy atom. The van der Waals surface area contributed by atoms with Gasteiger partial charge < -0.3 is 15.1 Å². The predicted octanol–water partition coefficient (Wildman–Crippen LogP) is 2.42. The number of hydrogen-bond donors (Lipinski definition) is 1. The Morgan fingerprint density at radius 3 is 2.04 bits per heavy atom. The van der Waals surface area contributed by atoms with Gasteiger partial charge in [-0.15, -0.1) is 0 Å². The maximum absolute atomic E-state index is 12.9. The van der Waals surface area contributed by atoms with Crippen molar-refractivity contribution in [3.8, 4) is 0 Å². The van der Waals surface area contributed by atoms with Gasteiger partial charge in [-0.3, -0.25) is 9.59 Å². The van der Waals surface area contributed by atoms with Crippen LogP contribution in [0.15, 0.2) is 30.3 Å². The molecule has 0 radical (unpaired) electrons. The Bertz CT molecular complexity index is 628. The van der Waals surface area contributed by atoms with Crippen LogP contribution in [0.2, 0.25) is 0 Å². The summed E-state index contributed by atoms with van der Waals surface area (Å²) in [6.45, 7) is 3.40. The monoisotopic (exact) mass is 355 g/mol. The smallest absolute Gasteiger partial charge is 0.225 e. The summed E-state index contributed by atoms with van der Waals surface area (Å²) in [5, 5.41) is 3.11. The van der Waals surface area contributed by atoms with Gasteiger partial charge in [0.1, 0.15) is 0 Å². The van der Waals surface area contributed by atoms with E-state index >= 15 is 0 Å². The molecule has 0 atom stereocenters. The standard InChI is InChI=1S/C21H29N3O2/c25-20(22-18-10-11-18)16-6-8-17(9-7-16)21(26)24-14-12-23(13-15-24)19-4-2-1-3-5-19/h1-5,16-18H,6-15H2,(H,22,25). The van der Waals surface area contributed by atoms with Crippen LogP contribution in [0, 0.1) is 11.8 Å². The van der Waals surface area contributed by atoms with Crippen molar-refractivity contribution in [1.29, 1.82) is 0 Å². The Balaban J connectivity index is 1.23. The minimum absolute atomic E-state index is 0.114. The van der Waals surface area contributed by atoms with Gasteiger partial charge in [-0.1, -0.05) is 18.2 Å². The summed E-state index contributed by atoms with van der Waals surface area (Å²) in [4.78, 5) is 29.4. The molecular weight excluding hydrogens is 326 g/mol. The number of carbonyl (C=O) groups is 2. The minimum atomic E-state index is 0.114. The molecule has 1 N–H and O–H groups in total. The van der Waals surface area contributed by atoms with Crippen LogP contribution >= 0.6 is 0 Å². The Kier molecular flexibility index (Phi) is 5.14. The first-order valence-electron chi connectivity index (χ1n) is 10.1. The SMILES string of the molecule is O=C(NC1CC1)C1CCC(C(=O)N2CCN(c3ccccc3)CC2)CC1. The second-order valence-electron chi connectivity index (χ2n) is 7.98. The molecule has 1 heterocycles. The molecular formula is C21H29N3O2. The zero-order valence-corrected chi connectivity index (χ0v) is 15.4. The molecule has 0 unspecified atom stereocenters. The highest BCUT2D eigenvalue weighted by molar-refractivity contribution is 5.81. The van der Waals surface area contributed by atoms with Crippen LogP contribution in [-0.2, 0) is 9.59 Å². The van der Waals surface area contributed by atoms with E-state index in [9.17, 15) is 9.59 Å². The lowest BCUT2D eigenvalue weighted by Gasteiger charge is -2.38. The average molecular weight is 355 g/mol. The molecule has 1 saturated heterocycles. The molecule has 1 aromatic carbocycles. The fourth-order valence-corrected chi connectivity index (χ4v) is 4.23. The lowest BCUT2D eigenvalue weighted by molar-refractivity contribution is -0.138. The molecule has 1 aromatic rings. The molecule has 1 aliphatic heterocycles. The number of carbonyl (C=O) groups excluding carboxylic acids is 2. The van der Waals surface area contributed by atoms with Crippen molar-refractivity contribution >= 4 is 17.5 Å². The van der Waals surface area contributed by atoms with E-state index in [1.54, 1.807) is 0 Å². The van der Waals surface area contributed by atoms with E-state index in [0.29, 0.717) is 11.9 Å². The van der Waals surface area contributed by atoms with Crippen molar-refractivity contribution in [2.45, 2.75) is 44.6 Å². The van der Waals surface area contributed by atoms with Gasteiger partial charge in [-0.25, -0.2) is 0 Å². The van der Waals surface area contributed by atoms with Crippen LogP contribution in [-0.4, -0.2) is 48.9 Å². The maximum atomic E-state index is 12.9. The van der Waals surface area contributed by atoms with Crippen LogP contribution in [0.25, 0.3) is 0 Å². The molecule has 26 heavy (non-hydrogen) atoms. The van der Waals surface area contributed by atoms with E-state index in [-0.39, 0.29) is 17.7 Å². The first kappa shape index (κ1) is 17.4. The fraction of sp³-hybridized carbons (Fsp3) is 0.619. The van der Waals surface area contributed by atoms with Crippen molar-refractivity contribution in [3.05, 3.63) is 30.3 Å². The van der Waals surface area contributed by atoms with E-state index in [4.69, 9.17) is 0 Å². The Hall–Kier alpha value is -2.04. The van der Waals surface area contributed by atoms with Gasteiger partial charge in [-0.2, -0.15) is 0 Å². The molecule has 0 bridgehead atoms. The van der Waals surface area contributed by atoms with Gasteiger partial charge in [0.25, 0.3) is 0 Å². The molecule has 2 amide bonds. The molecule has 3 aliphatic rings. The third kappa shape index (κ3) is 4.02. The van der Waals surface area contributed by atoms with Gasteiger partial charge in [-0.05, 0) is 50.7 Å². The zero-order chi connectivity index (χ0) is 17.9. The van der Waals surface area contributed by atoms with Crippen LogP contribution in [0.4, 0.5) is 5.69 Å². The number of anilines is 1. The normalized spacial score (nSPS) is 26.5. The highest BCUT2D eigenvalue weighted by Gasteiger charge is 2.34. The number of piperazine rings is 1. The summed E-state index contributed by atoms with van der Waals surface area (Å²) in [6.07, 6.45) is 5.71. The summed E-state index contributed by atoms with van der Waals surface area (Å²) in [7, 11) is 0. The van der Waals surface area contributed by atoms with Gasteiger partial charge in [0.2, 0.25) is 11.8 Å². The first-order chi connectivity index (χ1) is 12.7. The van der Waals surface area contributed by atoms with E-state index < -0.39 is 0 Å². The second-order valence-corrected chi connectivity index (χ2v) is 7.98. The maximum Gasteiger partial charge on any atom is 0.225 e. The van der Waals surface area contributed by atoms with Crippen LogP contribution in [0.5, 0.6) is 0 Å². The van der Waals surface area contributed by atoms with Crippen LogP contribution in [0.1, 0.15) is 38.5 Å². The van der Waals surface area contributed by atoms with E-state index in [0.717, 1.165) is 64.7 Å². The van der Waals surface area contributed by atoms with Crippen LogP contribution < -0.4 is 10.2 Å². The third-order valence-electron chi connectivity index (χ3n) is 6.08. The van der Waals surface area contributed by atoms with E-state index in [1.807, 2.05) is 11.0 Å². The number of hydrogen-bond acceptors (Lipinski definition) is 3. The Labute approximate surface area is 155 Å². The largest absolute Gasteiger partial charge is 0.368 e. The van der Waals surface area contributed by atoms with E-state index in [2.05, 4.69) is 34.5 Å². The number of amides is 2. The van der Waals surface area contributed by atoms with Crippen molar-refractivity contribution in [3.63, 3.8) is 0 Å².